The second-order valence-corrected chi connectivity index (χ2v) is 5.27. The Morgan fingerprint density at radius 2 is 2.05 bits per heavy atom. The molecular formula is C15H17F2NO3. The third-order valence-electron chi connectivity index (χ3n) is 3.73. The standard InChI is InChI=1S/C15H17F2NO3/c16-12-5-3-10(8-13(12)17)4-6-14(19)18-7-1-2-11(9-18)15(20)21/h3,5,8,11H,1-2,4,6-7,9H2,(H,20,21)/t11-/m1/s1. The first-order chi connectivity index (χ1) is 9.97. The average molecular weight is 297 g/mol. The summed E-state index contributed by atoms with van der Waals surface area (Å²) < 4.78 is 25.9. The van der Waals surface area contributed by atoms with Crippen LogP contribution in [0.2, 0.25) is 0 Å². The van der Waals surface area contributed by atoms with Crippen LogP contribution < -0.4 is 0 Å². The number of aryl methyl sites for hydroxylation is 1. The molecule has 0 aromatic heterocycles. The van der Waals surface area contributed by atoms with Gasteiger partial charge in [-0.2, -0.15) is 0 Å². The van der Waals surface area contributed by atoms with Crippen molar-refractivity contribution in [3.8, 4) is 0 Å². The number of rotatable bonds is 4. The molecule has 1 N–H and O–H groups in total. The van der Waals surface area contributed by atoms with E-state index in [4.69, 9.17) is 5.11 Å². The van der Waals surface area contributed by atoms with Crippen LogP contribution in [-0.4, -0.2) is 35.0 Å². The molecule has 0 radical (unpaired) electrons. The number of amides is 1. The summed E-state index contributed by atoms with van der Waals surface area (Å²) >= 11 is 0. The summed E-state index contributed by atoms with van der Waals surface area (Å²) in [4.78, 5) is 24.6. The number of benzene rings is 1. The Morgan fingerprint density at radius 1 is 1.29 bits per heavy atom. The fourth-order valence-corrected chi connectivity index (χ4v) is 2.51. The number of carbonyl (C=O) groups excluding carboxylic acids is 1. The number of nitrogens with zero attached hydrogens (tertiary/aromatic N) is 1. The maximum absolute atomic E-state index is 13.1. The molecule has 1 aliphatic rings. The maximum atomic E-state index is 13.1. The first kappa shape index (κ1) is 15.4. The molecule has 4 nitrogen and oxygen atoms in total. The van der Waals surface area contributed by atoms with Gasteiger partial charge in [0.25, 0.3) is 0 Å². The van der Waals surface area contributed by atoms with Gasteiger partial charge in [0, 0.05) is 19.5 Å². The Hall–Kier alpha value is -1.98. The molecule has 1 aromatic carbocycles. The fourth-order valence-electron chi connectivity index (χ4n) is 2.51. The van der Waals surface area contributed by atoms with Crippen LogP contribution >= 0.6 is 0 Å². The van der Waals surface area contributed by atoms with Gasteiger partial charge < -0.3 is 10.0 Å². The van der Waals surface area contributed by atoms with Gasteiger partial charge in [0.15, 0.2) is 11.6 Å². The number of hydrogen-bond donors (Lipinski definition) is 1. The molecule has 0 unspecified atom stereocenters. The molecule has 2 rings (SSSR count). The number of carboxylic acid groups (broad SMARTS) is 1. The highest BCUT2D eigenvalue weighted by molar-refractivity contribution is 5.78. The number of carbonyl (C=O) groups is 2. The number of aliphatic carboxylic acids is 1. The summed E-state index contributed by atoms with van der Waals surface area (Å²) in [6.45, 7) is 0.784. The molecule has 1 atom stereocenters. The molecule has 0 bridgehead atoms. The van der Waals surface area contributed by atoms with E-state index in [9.17, 15) is 18.4 Å². The van der Waals surface area contributed by atoms with E-state index in [-0.39, 0.29) is 18.9 Å². The lowest BCUT2D eigenvalue weighted by Crippen LogP contribution is -2.42. The monoisotopic (exact) mass is 297 g/mol. The Balaban J connectivity index is 1.89. The second-order valence-electron chi connectivity index (χ2n) is 5.27. The predicted octanol–water partition coefficient (Wildman–Crippen LogP) is 2.22. The molecule has 114 valence electrons. The van der Waals surface area contributed by atoms with E-state index in [1.165, 1.54) is 6.07 Å². The van der Waals surface area contributed by atoms with Crippen LogP contribution in [0.25, 0.3) is 0 Å². The van der Waals surface area contributed by atoms with Crippen LogP contribution in [0.4, 0.5) is 8.78 Å². The molecule has 1 saturated heterocycles. The Kier molecular flexibility index (Phi) is 4.88. The molecule has 0 aliphatic carbocycles. The molecular weight excluding hydrogens is 280 g/mol. The highest BCUT2D eigenvalue weighted by atomic mass is 19.2. The third kappa shape index (κ3) is 4.00. The van der Waals surface area contributed by atoms with E-state index < -0.39 is 23.5 Å². The number of carboxylic acids is 1. The third-order valence-corrected chi connectivity index (χ3v) is 3.73. The molecule has 1 aromatic rings. The summed E-state index contributed by atoms with van der Waals surface area (Å²) in [5.41, 5.74) is 0.550. The molecule has 6 heteroatoms. The molecule has 1 heterocycles. The van der Waals surface area contributed by atoms with Crippen LogP contribution in [0.3, 0.4) is 0 Å². The Labute approximate surface area is 121 Å². The second kappa shape index (κ2) is 6.65. The zero-order valence-corrected chi connectivity index (χ0v) is 11.5. The zero-order chi connectivity index (χ0) is 15.4. The van der Waals surface area contributed by atoms with Crippen molar-refractivity contribution < 1.29 is 23.5 Å². The summed E-state index contributed by atoms with van der Waals surface area (Å²) in [5.74, 6) is -3.38. The van der Waals surface area contributed by atoms with Gasteiger partial charge in [-0.3, -0.25) is 9.59 Å². The van der Waals surface area contributed by atoms with E-state index in [1.807, 2.05) is 0 Å². The Bertz CT molecular complexity index is 548. The van der Waals surface area contributed by atoms with Gasteiger partial charge >= 0.3 is 5.97 Å². The van der Waals surface area contributed by atoms with Gasteiger partial charge in [-0.1, -0.05) is 6.07 Å². The van der Waals surface area contributed by atoms with Crippen molar-refractivity contribution in [2.24, 2.45) is 5.92 Å². The van der Waals surface area contributed by atoms with Crippen molar-refractivity contribution in [2.75, 3.05) is 13.1 Å². The normalized spacial score (nSPS) is 18.6. The summed E-state index contributed by atoms with van der Waals surface area (Å²) in [6, 6.07) is 3.57. The highest BCUT2D eigenvalue weighted by Crippen LogP contribution is 2.18. The number of hydrogen-bond acceptors (Lipinski definition) is 2. The van der Waals surface area contributed by atoms with Gasteiger partial charge in [-0.05, 0) is 37.0 Å². The van der Waals surface area contributed by atoms with Crippen molar-refractivity contribution in [3.05, 3.63) is 35.4 Å². The predicted molar refractivity (Wildman–Crippen MR) is 71.6 cm³/mol. The van der Waals surface area contributed by atoms with E-state index in [0.29, 0.717) is 31.4 Å². The SMILES string of the molecule is O=C(O)[C@@H]1CCCN(C(=O)CCc2ccc(F)c(F)c2)C1. The fraction of sp³-hybridized carbons (Fsp3) is 0.467. The van der Waals surface area contributed by atoms with Gasteiger partial charge in [0.1, 0.15) is 0 Å². The first-order valence-electron chi connectivity index (χ1n) is 6.92. The summed E-state index contributed by atoms with van der Waals surface area (Å²) in [5, 5.41) is 8.99. The number of halogens is 2. The minimum atomic E-state index is -0.927. The number of likely N-dealkylation sites (tertiary alicyclic amines) is 1. The highest BCUT2D eigenvalue weighted by Gasteiger charge is 2.27. The quantitative estimate of drug-likeness (QED) is 0.927. The van der Waals surface area contributed by atoms with Crippen molar-refractivity contribution in [2.45, 2.75) is 25.7 Å². The maximum Gasteiger partial charge on any atom is 0.308 e. The van der Waals surface area contributed by atoms with Crippen LogP contribution in [0, 0.1) is 17.6 Å². The van der Waals surface area contributed by atoms with Gasteiger partial charge in [-0.25, -0.2) is 8.78 Å². The smallest absolute Gasteiger partial charge is 0.308 e. The molecule has 21 heavy (non-hydrogen) atoms. The molecule has 1 aliphatic heterocycles. The topological polar surface area (TPSA) is 57.6 Å². The van der Waals surface area contributed by atoms with Crippen LogP contribution in [-0.2, 0) is 16.0 Å². The number of piperidine rings is 1. The van der Waals surface area contributed by atoms with Crippen molar-refractivity contribution in [1.29, 1.82) is 0 Å². The summed E-state index contributed by atoms with van der Waals surface area (Å²) in [7, 11) is 0. The Morgan fingerprint density at radius 3 is 2.71 bits per heavy atom. The summed E-state index contributed by atoms with van der Waals surface area (Å²) in [6.07, 6.45) is 1.73. The minimum Gasteiger partial charge on any atom is -0.481 e. The van der Waals surface area contributed by atoms with Crippen molar-refractivity contribution in [1.82, 2.24) is 4.90 Å². The molecule has 1 fully saturated rings. The lowest BCUT2D eigenvalue weighted by atomic mass is 9.97. The molecule has 0 saturated carbocycles. The van der Waals surface area contributed by atoms with E-state index in [2.05, 4.69) is 0 Å². The van der Waals surface area contributed by atoms with Crippen molar-refractivity contribution in [3.63, 3.8) is 0 Å². The van der Waals surface area contributed by atoms with Gasteiger partial charge in [-0.15, -0.1) is 0 Å². The van der Waals surface area contributed by atoms with E-state index in [1.54, 1.807) is 4.90 Å². The molecule has 0 spiro atoms. The van der Waals surface area contributed by atoms with E-state index in [0.717, 1.165) is 12.1 Å². The van der Waals surface area contributed by atoms with Crippen molar-refractivity contribution >= 4 is 11.9 Å². The van der Waals surface area contributed by atoms with E-state index >= 15 is 0 Å². The largest absolute Gasteiger partial charge is 0.481 e. The zero-order valence-electron chi connectivity index (χ0n) is 11.5. The molecule has 1 amide bonds. The van der Waals surface area contributed by atoms with Gasteiger partial charge in [0.05, 0.1) is 5.92 Å². The average Bonchev–Trinajstić information content (AvgIpc) is 2.48. The van der Waals surface area contributed by atoms with Crippen LogP contribution in [0.5, 0.6) is 0 Å². The van der Waals surface area contributed by atoms with Crippen LogP contribution in [0.1, 0.15) is 24.8 Å². The first-order valence-corrected chi connectivity index (χ1v) is 6.92. The minimum absolute atomic E-state index is 0.148. The van der Waals surface area contributed by atoms with Crippen LogP contribution in [0.15, 0.2) is 18.2 Å². The lowest BCUT2D eigenvalue weighted by molar-refractivity contribution is -0.145. The lowest BCUT2D eigenvalue weighted by Gasteiger charge is -2.30. The van der Waals surface area contributed by atoms with Gasteiger partial charge in [0.2, 0.25) is 5.91 Å².